The second-order valence-electron chi connectivity index (χ2n) is 8.29. The van der Waals surface area contributed by atoms with Crippen LogP contribution >= 0.6 is 11.6 Å². The molecule has 0 atom stereocenters. The second-order valence-corrected chi connectivity index (χ2v) is 10.7. The fraction of sp³-hybridized carbons (Fsp3) is 0.160. The van der Waals surface area contributed by atoms with Crippen LogP contribution in [0.5, 0.6) is 0 Å². The molecular weight excluding hydrogens is 499 g/mol. The van der Waals surface area contributed by atoms with E-state index < -0.39 is 21.8 Å². The molecule has 0 fully saturated rings. The van der Waals surface area contributed by atoms with E-state index in [0.29, 0.717) is 27.5 Å². The Morgan fingerprint density at radius 2 is 1.57 bits per heavy atom. The molecule has 0 N–H and O–H groups in total. The van der Waals surface area contributed by atoms with E-state index in [2.05, 4.69) is 5.10 Å². The largest absolute Gasteiger partial charge is 0.418 e. The van der Waals surface area contributed by atoms with Gasteiger partial charge in [0.25, 0.3) is 0 Å². The molecule has 0 radical (unpaired) electrons. The highest BCUT2D eigenvalue weighted by molar-refractivity contribution is 7.89. The van der Waals surface area contributed by atoms with Crippen molar-refractivity contribution in [2.45, 2.75) is 31.1 Å². The average molecular weight is 518 g/mol. The van der Waals surface area contributed by atoms with Gasteiger partial charge < -0.3 is 0 Å². The lowest BCUT2D eigenvalue weighted by Crippen LogP contribution is -2.26. The zero-order valence-electron chi connectivity index (χ0n) is 18.4. The molecule has 2 heterocycles. The topological polar surface area (TPSA) is 55.2 Å². The fourth-order valence-corrected chi connectivity index (χ4v) is 5.69. The number of hydrogen-bond acceptors (Lipinski definition) is 3. The van der Waals surface area contributed by atoms with E-state index in [1.165, 1.54) is 27.2 Å². The molecule has 180 valence electrons. The Kier molecular flexibility index (Phi) is 5.74. The summed E-state index contributed by atoms with van der Waals surface area (Å²) in [7, 11) is -3.82. The molecule has 0 spiro atoms. The Hall–Kier alpha value is -3.14. The van der Waals surface area contributed by atoms with Gasteiger partial charge in [0.05, 0.1) is 34.1 Å². The van der Waals surface area contributed by atoms with Crippen molar-refractivity contribution >= 4 is 21.6 Å². The van der Waals surface area contributed by atoms with Crippen LogP contribution in [0.3, 0.4) is 0 Å². The molecule has 0 saturated heterocycles. The summed E-state index contributed by atoms with van der Waals surface area (Å²) in [6, 6.07) is 18.3. The molecule has 0 unspecified atom stereocenters. The number of nitrogens with zero attached hydrogens (tertiary/aromatic N) is 3. The number of para-hydroxylation sites is 1. The summed E-state index contributed by atoms with van der Waals surface area (Å²) in [5.41, 5.74) is 1.90. The molecule has 0 amide bonds. The molecule has 5 nitrogen and oxygen atoms in total. The van der Waals surface area contributed by atoms with E-state index in [4.69, 9.17) is 11.6 Å². The fourth-order valence-electron chi connectivity index (χ4n) is 4.19. The molecule has 0 aliphatic carbocycles. The Balaban J connectivity index is 1.64. The number of hydrogen-bond donors (Lipinski definition) is 0. The Labute approximate surface area is 205 Å². The van der Waals surface area contributed by atoms with Crippen molar-refractivity contribution in [3.8, 4) is 16.9 Å². The number of sulfonamides is 1. The summed E-state index contributed by atoms with van der Waals surface area (Å²) in [5, 5.41) is 4.95. The van der Waals surface area contributed by atoms with Gasteiger partial charge in [0.15, 0.2) is 0 Å². The standard InChI is InChI=1S/C25H19ClF3N3O2S/c1-16-6-12-19(13-7-16)35(33,34)31-14-20-22(15-31)30-32(24(20)17-8-10-18(26)11-9-17)23-5-3-2-4-21(23)25(27,28)29/h2-13H,14-15H2,1H3. The van der Waals surface area contributed by atoms with Crippen LogP contribution in [-0.2, 0) is 29.3 Å². The smallest absolute Gasteiger partial charge is 0.232 e. The van der Waals surface area contributed by atoms with Crippen molar-refractivity contribution in [1.82, 2.24) is 14.1 Å². The Morgan fingerprint density at radius 3 is 2.23 bits per heavy atom. The highest BCUT2D eigenvalue weighted by Gasteiger charge is 2.38. The van der Waals surface area contributed by atoms with Crippen LogP contribution in [0, 0.1) is 6.92 Å². The first-order chi connectivity index (χ1) is 16.6. The number of benzene rings is 3. The Bertz CT molecular complexity index is 1510. The van der Waals surface area contributed by atoms with Crippen LogP contribution < -0.4 is 0 Å². The molecule has 5 rings (SSSR count). The lowest BCUT2D eigenvalue weighted by molar-refractivity contribution is -0.137. The first-order valence-corrected chi connectivity index (χ1v) is 12.5. The minimum atomic E-state index is -4.59. The van der Waals surface area contributed by atoms with Gasteiger partial charge in [-0.15, -0.1) is 0 Å². The normalized spacial score (nSPS) is 14.3. The molecule has 1 aliphatic rings. The van der Waals surface area contributed by atoms with Crippen molar-refractivity contribution in [3.05, 3.63) is 100 Å². The van der Waals surface area contributed by atoms with Crippen LogP contribution in [0.25, 0.3) is 16.9 Å². The van der Waals surface area contributed by atoms with Gasteiger partial charge in [-0.1, -0.05) is 53.6 Å². The molecule has 0 saturated carbocycles. The lowest BCUT2D eigenvalue weighted by atomic mass is 10.1. The van der Waals surface area contributed by atoms with Crippen molar-refractivity contribution in [2.24, 2.45) is 0 Å². The molecule has 35 heavy (non-hydrogen) atoms. The summed E-state index contributed by atoms with van der Waals surface area (Å²) in [4.78, 5) is 0.150. The third kappa shape index (κ3) is 4.24. The number of halogens is 4. The zero-order chi connectivity index (χ0) is 25.0. The minimum Gasteiger partial charge on any atom is -0.232 e. The number of aromatic nitrogens is 2. The predicted octanol–water partition coefficient (Wildman–Crippen LogP) is 6.22. The van der Waals surface area contributed by atoms with E-state index in [1.807, 2.05) is 6.92 Å². The van der Waals surface area contributed by atoms with Crippen LogP contribution in [0.15, 0.2) is 77.7 Å². The van der Waals surface area contributed by atoms with Gasteiger partial charge in [0, 0.05) is 22.7 Å². The molecule has 3 aromatic carbocycles. The van der Waals surface area contributed by atoms with E-state index in [0.717, 1.165) is 11.6 Å². The van der Waals surface area contributed by atoms with E-state index in [-0.39, 0.29) is 23.7 Å². The van der Waals surface area contributed by atoms with Crippen molar-refractivity contribution in [3.63, 3.8) is 0 Å². The van der Waals surface area contributed by atoms with Crippen LogP contribution in [0.1, 0.15) is 22.4 Å². The number of alkyl halides is 3. The van der Waals surface area contributed by atoms with Crippen LogP contribution in [0.2, 0.25) is 5.02 Å². The Morgan fingerprint density at radius 1 is 0.914 bits per heavy atom. The highest BCUT2D eigenvalue weighted by atomic mass is 35.5. The van der Waals surface area contributed by atoms with Crippen LogP contribution in [-0.4, -0.2) is 22.5 Å². The van der Waals surface area contributed by atoms with E-state index >= 15 is 0 Å². The van der Waals surface area contributed by atoms with Gasteiger partial charge in [0.1, 0.15) is 0 Å². The molecule has 0 bridgehead atoms. The van der Waals surface area contributed by atoms with Gasteiger partial charge in [-0.25, -0.2) is 13.1 Å². The first kappa shape index (κ1) is 23.6. The maximum Gasteiger partial charge on any atom is 0.418 e. The summed E-state index contributed by atoms with van der Waals surface area (Å²) in [6.45, 7) is 1.80. The zero-order valence-corrected chi connectivity index (χ0v) is 20.0. The predicted molar refractivity (Wildman–Crippen MR) is 127 cm³/mol. The van der Waals surface area contributed by atoms with Crippen LogP contribution in [0.4, 0.5) is 13.2 Å². The van der Waals surface area contributed by atoms with Crippen molar-refractivity contribution < 1.29 is 21.6 Å². The van der Waals surface area contributed by atoms with Gasteiger partial charge in [-0.3, -0.25) is 0 Å². The molecular formula is C25H19ClF3N3O2S. The van der Waals surface area contributed by atoms with Crippen molar-refractivity contribution in [2.75, 3.05) is 0 Å². The van der Waals surface area contributed by atoms with Gasteiger partial charge in [-0.2, -0.15) is 22.6 Å². The first-order valence-electron chi connectivity index (χ1n) is 10.7. The summed E-state index contributed by atoms with van der Waals surface area (Å²) in [5.74, 6) is 0. The summed E-state index contributed by atoms with van der Waals surface area (Å²) >= 11 is 6.04. The molecule has 10 heteroatoms. The second kappa shape index (κ2) is 8.51. The molecule has 1 aromatic heterocycles. The molecule has 1 aliphatic heterocycles. The monoisotopic (exact) mass is 517 g/mol. The quantitative estimate of drug-likeness (QED) is 0.323. The van der Waals surface area contributed by atoms with Crippen molar-refractivity contribution in [1.29, 1.82) is 0 Å². The lowest BCUT2D eigenvalue weighted by Gasteiger charge is -2.19. The highest BCUT2D eigenvalue weighted by Crippen LogP contribution is 2.40. The molecule has 4 aromatic rings. The van der Waals surface area contributed by atoms with Gasteiger partial charge in [-0.05, 0) is 43.3 Å². The number of fused-ring (bicyclic) bond motifs is 1. The third-order valence-electron chi connectivity index (χ3n) is 5.94. The summed E-state index contributed by atoms with van der Waals surface area (Å²) < 4.78 is 70.5. The number of rotatable bonds is 4. The SMILES string of the molecule is Cc1ccc(S(=O)(=O)N2Cc3nn(-c4ccccc4C(F)(F)F)c(-c4ccc(Cl)cc4)c3C2)cc1. The van der Waals surface area contributed by atoms with E-state index in [9.17, 15) is 21.6 Å². The van der Waals surface area contributed by atoms with Gasteiger partial charge >= 0.3 is 6.18 Å². The third-order valence-corrected chi connectivity index (χ3v) is 8.00. The maximum absolute atomic E-state index is 13.8. The van der Waals surface area contributed by atoms with E-state index in [1.54, 1.807) is 48.5 Å². The average Bonchev–Trinajstić information content (AvgIpc) is 3.38. The summed E-state index contributed by atoms with van der Waals surface area (Å²) in [6.07, 6.45) is -4.59. The number of aryl methyl sites for hydroxylation is 1. The minimum absolute atomic E-state index is 0.0162. The maximum atomic E-state index is 13.8. The van der Waals surface area contributed by atoms with Gasteiger partial charge in [0.2, 0.25) is 10.0 Å².